The van der Waals surface area contributed by atoms with Gasteiger partial charge >= 0.3 is 11.9 Å². The summed E-state index contributed by atoms with van der Waals surface area (Å²) in [6.07, 6.45) is 10.1. The van der Waals surface area contributed by atoms with Gasteiger partial charge in [-0.1, -0.05) is 25.3 Å². The average molecular weight is 306 g/mol. The van der Waals surface area contributed by atoms with Crippen molar-refractivity contribution < 1.29 is 19.1 Å². The molecule has 4 heteroatoms. The van der Waals surface area contributed by atoms with Crippen molar-refractivity contribution in [2.45, 2.75) is 44.1 Å². The molecule has 0 aliphatic carbocycles. The molecule has 0 aliphatic heterocycles. The first kappa shape index (κ1) is 19.9. The minimum Gasteiger partial charge on any atom is -0.463 e. The lowest BCUT2D eigenvalue weighted by Gasteiger charge is -2.31. The highest BCUT2D eigenvalue weighted by Gasteiger charge is 2.30. The normalized spacial score (nSPS) is 10.4. The second kappa shape index (κ2) is 11.5. The number of hydrogen-bond acceptors (Lipinski definition) is 4. The van der Waals surface area contributed by atoms with E-state index in [1.54, 1.807) is 12.2 Å². The Hall–Kier alpha value is -2.10. The maximum absolute atomic E-state index is 11.5. The van der Waals surface area contributed by atoms with Crippen LogP contribution in [0.3, 0.4) is 0 Å². The summed E-state index contributed by atoms with van der Waals surface area (Å²) in [7, 11) is 0. The third-order valence-corrected chi connectivity index (χ3v) is 3.20. The molecule has 0 rings (SSSR count). The Balaban J connectivity index is 4.38. The highest BCUT2D eigenvalue weighted by Crippen LogP contribution is 2.29. The van der Waals surface area contributed by atoms with Gasteiger partial charge in [0.15, 0.2) is 0 Å². The van der Waals surface area contributed by atoms with Crippen LogP contribution < -0.4 is 0 Å². The van der Waals surface area contributed by atoms with Gasteiger partial charge in [-0.05, 0) is 25.7 Å². The van der Waals surface area contributed by atoms with Crippen molar-refractivity contribution >= 4 is 11.9 Å². The van der Waals surface area contributed by atoms with Crippen LogP contribution in [0.4, 0.5) is 0 Å². The lowest BCUT2D eigenvalue weighted by atomic mass is 9.89. The van der Waals surface area contributed by atoms with E-state index in [4.69, 9.17) is 9.47 Å². The number of rotatable bonds is 13. The van der Waals surface area contributed by atoms with E-state index in [9.17, 15) is 9.59 Å². The number of carbonyl (C=O) groups is 2. The molecule has 0 heterocycles. The fourth-order valence-corrected chi connectivity index (χ4v) is 2.16. The minimum atomic E-state index is -0.618. The molecule has 0 N–H and O–H groups in total. The quantitative estimate of drug-likeness (QED) is 0.224. The van der Waals surface area contributed by atoms with Gasteiger partial charge in [-0.3, -0.25) is 0 Å². The predicted octanol–water partition coefficient (Wildman–Crippen LogP) is 3.90. The van der Waals surface area contributed by atoms with Crippen LogP contribution >= 0.6 is 0 Å². The van der Waals surface area contributed by atoms with Crippen LogP contribution in [0.1, 0.15) is 38.5 Å². The van der Waals surface area contributed by atoms with Gasteiger partial charge in [-0.15, -0.1) is 13.2 Å². The first-order valence-corrected chi connectivity index (χ1v) is 7.40. The molecule has 0 bridgehead atoms. The molecule has 0 fully saturated rings. The molecule has 0 saturated heterocycles. The van der Waals surface area contributed by atoms with Crippen molar-refractivity contribution in [1.82, 2.24) is 0 Å². The molecule has 0 aromatic rings. The van der Waals surface area contributed by atoms with Crippen LogP contribution in [-0.2, 0) is 19.1 Å². The van der Waals surface area contributed by atoms with Crippen LogP contribution in [0, 0.1) is 0 Å². The summed E-state index contributed by atoms with van der Waals surface area (Å²) in [6.45, 7) is 14.6. The fraction of sp³-hybridized carbons (Fsp3) is 0.444. The maximum Gasteiger partial charge on any atom is 0.330 e. The zero-order chi connectivity index (χ0) is 16.8. The van der Waals surface area contributed by atoms with Crippen molar-refractivity contribution in [3.63, 3.8) is 0 Å². The van der Waals surface area contributed by atoms with Crippen LogP contribution in [0.15, 0.2) is 50.6 Å². The maximum atomic E-state index is 11.5. The summed E-state index contributed by atoms with van der Waals surface area (Å²) < 4.78 is 10.4. The zero-order valence-corrected chi connectivity index (χ0v) is 13.2. The van der Waals surface area contributed by atoms with Crippen LogP contribution in [0.25, 0.3) is 0 Å². The minimum absolute atomic E-state index is 0.368. The Bertz CT molecular complexity index is 399. The van der Waals surface area contributed by atoms with Crippen molar-refractivity contribution in [3.8, 4) is 0 Å². The molecule has 4 nitrogen and oxygen atoms in total. The molecule has 0 aromatic carbocycles. The van der Waals surface area contributed by atoms with Gasteiger partial charge in [0, 0.05) is 25.0 Å². The Morgan fingerprint density at radius 1 is 0.864 bits per heavy atom. The number of carbonyl (C=O) groups excluding carboxylic acids is 2. The molecule has 0 spiro atoms. The average Bonchev–Trinajstić information content (AvgIpc) is 2.50. The molecular formula is C18H26O4. The molecular weight excluding hydrogens is 280 g/mol. The lowest BCUT2D eigenvalue weighted by Crippen LogP contribution is -2.33. The fourth-order valence-electron chi connectivity index (χ4n) is 2.16. The lowest BCUT2D eigenvalue weighted by molar-refractivity contribution is -0.154. The molecule has 122 valence electrons. The molecule has 0 amide bonds. The molecule has 22 heavy (non-hydrogen) atoms. The van der Waals surface area contributed by atoms with Gasteiger partial charge in [0.2, 0.25) is 0 Å². The summed E-state index contributed by atoms with van der Waals surface area (Å²) in [5.41, 5.74) is -0.618. The Morgan fingerprint density at radius 3 is 1.95 bits per heavy atom. The van der Waals surface area contributed by atoms with Gasteiger partial charge in [0.05, 0.1) is 6.61 Å². The largest absolute Gasteiger partial charge is 0.463 e. The van der Waals surface area contributed by atoms with Crippen LogP contribution in [0.2, 0.25) is 0 Å². The van der Waals surface area contributed by atoms with E-state index < -0.39 is 17.5 Å². The molecule has 0 aliphatic rings. The van der Waals surface area contributed by atoms with Crippen molar-refractivity contribution in [2.75, 3.05) is 6.61 Å². The summed E-state index contributed by atoms with van der Waals surface area (Å²) in [4.78, 5) is 22.4. The van der Waals surface area contributed by atoms with Gasteiger partial charge in [-0.2, -0.15) is 0 Å². The summed E-state index contributed by atoms with van der Waals surface area (Å²) >= 11 is 0. The van der Waals surface area contributed by atoms with E-state index in [0.717, 1.165) is 31.4 Å². The molecule has 0 aromatic heterocycles. The van der Waals surface area contributed by atoms with E-state index in [1.807, 2.05) is 0 Å². The second-order valence-corrected chi connectivity index (χ2v) is 4.98. The monoisotopic (exact) mass is 306 g/mol. The van der Waals surface area contributed by atoms with E-state index in [2.05, 4.69) is 26.3 Å². The Labute approximate surface area is 133 Å². The summed E-state index contributed by atoms with van der Waals surface area (Å²) in [5.74, 6) is -0.851. The first-order chi connectivity index (χ1) is 10.5. The van der Waals surface area contributed by atoms with Crippen LogP contribution in [0.5, 0.6) is 0 Å². The zero-order valence-electron chi connectivity index (χ0n) is 13.2. The number of esters is 2. The predicted molar refractivity (Wildman–Crippen MR) is 88.3 cm³/mol. The van der Waals surface area contributed by atoms with Gasteiger partial charge in [0.25, 0.3) is 0 Å². The van der Waals surface area contributed by atoms with Crippen molar-refractivity contribution in [3.05, 3.63) is 50.6 Å². The molecule has 0 radical (unpaired) electrons. The van der Waals surface area contributed by atoms with Gasteiger partial charge in [-0.25, -0.2) is 9.59 Å². The third kappa shape index (κ3) is 8.25. The van der Waals surface area contributed by atoms with E-state index in [1.165, 1.54) is 0 Å². The summed E-state index contributed by atoms with van der Waals surface area (Å²) in [6, 6.07) is 0. The number of ether oxygens (including phenoxy) is 2. The highest BCUT2D eigenvalue weighted by molar-refractivity contribution is 5.81. The van der Waals surface area contributed by atoms with E-state index >= 15 is 0 Å². The third-order valence-electron chi connectivity index (χ3n) is 3.20. The smallest absolute Gasteiger partial charge is 0.330 e. The van der Waals surface area contributed by atoms with E-state index in [0.29, 0.717) is 25.9 Å². The standard InChI is InChI=1S/C18H26O4/c1-5-12-18(13-6-2,22-17(20)8-4)14-10-9-11-15-21-16(19)7-3/h5-8H,1-4,9-15H2. The Morgan fingerprint density at radius 2 is 1.45 bits per heavy atom. The molecule has 0 atom stereocenters. The second-order valence-electron chi connectivity index (χ2n) is 4.98. The number of unbranched alkanes of at least 4 members (excludes halogenated alkanes) is 2. The summed E-state index contributed by atoms with van der Waals surface area (Å²) in [5, 5.41) is 0. The highest BCUT2D eigenvalue weighted by atomic mass is 16.6. The van der Waals surface area contributed by atoms with Gasteiger partial charge < -0.3 is 9.47 Å². The van der Waals surface area contributed by atoms with Crippen LogP contribution in [-0.4, -0.2) is 24.1 Å². The Kier molecular flexibility index (Phi) is 10.4. The SMILES string of the molecule is C=CCC(CC=C)(CCCCCOC(=O)C=C)OC(=O)C=C. The topological polar surface area (TPSA) is 52.6 Å². The van der Waals surface area contributed by atoms with Crippen molar-refractivity contribution in [2.24, 2.45) is 0 Å². The first-order valence-electron chi connectivity index (χ1n) is 7.40. The number of hydrogen-bond donors (Lipinski definition) is 0. The van der Waals surface area contributed by atoms with Crippen molar-refractivity contribution in [1.29, 1.82) is 0 Å². The molecule has 0 unspecified atom stereocenters. The molecule has 0 saturated carbocycles. The van der Waals surface area contributed by atoms with Gasteiger partial charge in [0.1, 0.15) is 5.60 Å². The van der Waals surface area contributed by atoms with E-state index in [-0.39, 0.29) is 0 Å².